The molecule has 1 heterocycles. The van der Waals surface area contributed by atoms with Gasteiger partial charge in [-0.15, -0.1) is 0 Å². The molecule has 0 spiro atoms. The summed E-state index contributed by atoms with van der Waals surface area (Å²) in [6.45, 7) is 2.22. The molecule has 0 unspecified atom stereocenters. The Balaban J connectivity index is 1.93. The maximum atomic E-state index is 10.7. The molecule has 88 valence electrons. The molecule has 0 atom stereocenters. The third kappa shape index (κ3) is 3.21. The van der Waals surface area contributed by atoms with Crippen LogP contribution >= 0.6 is 0 Å². The average molecular weight is 228 g/mol. The van der Waals surface area contributed by atoms with Gasteiger partial charge in [-0.2, -0.15) is 0 Å². The highest BCUT2D eigenvalue weighted by Crippen LogP contribution is 2.15. The van der Waals surface area contributed by atoms with Crippen LogP contribution in [0.5, 0.6) is 0 Å². The number of carbonyl (C=O) groups excluding carboxylic acids is 1. The van der Waals surface area contributed by atoms with Crippen LogP contribution in [0, 0.1) is 0 Å². The maximum absolute atomic E-state index is 10.7. The quantitative estimate of drug-likeness (QED) is 0.776. The van der Waals surface area contributed by atoms with Gasteiger partial charge in [-0.25, -0.2) is 0 Å². The van der Waals surface area contributed by atoms with Gasteiger partial charge < -0.3 is 10.3 Å². The number of benzene rings is 1. The normalized spacial score (nSPS) is 11.1. The van der Waals surface area contributed by atoms with Gasteiger partial charge in [-0.3, -0.25) is 4.79 Å². The zero-order valence-electron chi connectivity index (χ0n) is 9.86. The Hall–Kier alpha value is -2.03. The summed E-state index contributed by atoms with van der Waals surface area (Å²) in [7, 11) is 0. The summed E-state index contributed by atoms with van der Waals surface area (Å²) in [5, 5.41) is 3.98. The molecule has 0 saturated heterocycles. The predicted octanol–water partition coefficient (Wildman–Crippen LogP) is 2.71. The first kappa shape index (κ1) is 11.5. The van der Waals surface area contributed by atoms with Gasteiger partial charge >= 0.3 is 0 Å². The number of fused-ring (bicyclic) bond motifs is 1. The average Bonchev–Trinajstić information content (AvgIpc) is 2.75. The van der Waals surface area contributed by atoms with E-state index >= 15 is 0 Å². The SMILES string of the molecule is CC(=O)NCCC=Cc1ccc2[nH]ccc2c1. The lowest BCUT2D eigenvalue weighted by Gasteiger charge is -1.97. The second kappa shape index (κ2) is 5.34. The molecule has 3 heteroatoms. The summed E-state index contributed by atoms with van der Waals surface area (Å²) >= 11 is 0. The van der Waals surface area contributed by atoms with E-state index in [2.05, 4.69) is 46.7 Å². The fraction of sp³-hybridized carbons (Fsp3) is 0.214. The van der Waals surface area contributed by atoms with E-state index in [0.29, 0.717) is 6.54 Å². The summed E-state index contributed by atoms with van der Waals surface area (Å²) in [4.78, 5) is 13.8. The van der Waals surface area contributed by atoms with E-state index in [1.165, 1.54) is 17.9 Å². The summed E-state index contributed by atoms with van der Waals surface area (Å²) in [5.74, 6) is 0.0205. The van der Waals surface area contributed by atoms with Crippen molar-refractivity contribution < 1.29 is 4.79 Å². The second-order valence-corrected chi connectivity index (χ2v) is 4.00. The van der Waals surface area contributed by atoms with Crippen LogP contribution in [0.4, 0.5) is 0 Å². The molecule has 17 heavy (non-hydrogen) atoms. The van der Waals surface area contributed by atoms with Gasteiger partial charge in [0, 0.05) is 25.2 Å². The van der Waals surface area contributed by atoms with E-state index in [9.17, 15) is 4.79 Å². The molecule has 1 aromatic carbocycles. The molecule has 3 nitrogen and oxygen atoms in total. The van der Waals surface area contributed by atoms with Gasteiger partial charge in [0.2, 0.25) is 5.91 Å². The van der Waals surface area contributed by atoms with Crippen molar-refractivity contribution in [1.82, 2.24) is 10.3 Å². The topological polar surface area (TPSA) is 44.9 Å². The zero-order chi connectivity index (χ0) is 12.1. The number of hydrogen-bond acceptors (Lipinski definition) is 1. The van der Waals surface area contributed by atoms with Crippen molar-refractivity contribution >= 4 is 22.9 Å². The third-order valence-corrected chi connectivity index (χ3v) is 2.57. The summed E-state index contributed by atoms with van der Waals surface area (Å²) in [6, 6.07) is 8.35. The van der Waals surface area contributed by atoms with Gasteiger partial charge in [0.15, 0.2) is 0 Å². The molecule has 0 fully saturated rings. The molecule has 0 saturated carbocycles. The van der Waals surface area contributed by atoms with E-state index in [-0.39, 0.29) is 5.91 Å². The number of hydrogen-bond donors (Lipinski definition) is 2. The van der Waals surface area contributed by atoms with Crippen LogP contribution in [-0.4, -0.2) is 17.4 Å². The Morgan fingerprint density at radius 2 is 2.29 bits per heavy atom. The molecule has 0 radical (unpaired) electrons. The van der Waals surface area contributed by atoms with E-state index in [1.807, 2.05) is 6.20 Å². The monoisotopic (exact) mass is 228 g/mol. The lowest BCUT2D eigenvalue weighted by molar-refractivity contribution is -0.118. The molecular weight excluding hydrogens is 212 g/mol. The molecule has 0 aliphatic rings. The Morgan fingerprint density at radius 1 is 1.41 bits per heavy atom. The fourth-order valence-corrected chi connectivity index (χ4v) is 1.73. The summed E-state index contributed by atoms with van der Waals surface area (Å²) in [5.41, 5.74) is 2.33. The maximum Gasteiger partial charge on any atom is 0.216 e. The van der Waals surface area contributed by atoms with Crippen LogP contribution in [0.3, 0.4) is 0 Å². The van der Waals surface area contributed by atoms with Crippen LogP contribution < -0.4 is 5.32 Å². The minimum Gasteiger partial charge on any atom is -0.361 e. The Labute approximate surface area is 101 Å². The number of aromatic amines is 1. The smallest absolute Gasteiger partial charge is 0.216 e. The minimum absolute atomic E-state index is 0.0205. The molecule has 0 aliphatic carbocycles. The first-order valence-corrected chi connectivity index (χ1v) is 5.74. The highest BCUT2D eigenvalue weighted by molar-refractivity contribution is 5.81. The predicted molar refractivity (Wildman–Crippen MR) is 70.6 cm³/mol. The molecular formula is C14H16N2O. The first-order chi connectivity index (χ1) is 8.25. The number of rotatable bonds is 4. The van der Waals surface area contributed by atoms with E-state index < -0.39 is 0 Å². The van der Waals surface area contributed by atoms with E-state index in [4.69, 9.17) is 0 Å². The van der Waals surface area contributed by atoms with E-state index in [0.717, 1.165) is 11.9 Å². The number of aromatic nitrogens is 1. The van der Waals surface area contributed by atoms with Crippen molar-refractivity contribution in [2.75, 3.05) is 6.54 Å². The van der Waals surface area contributed by atoms with Crippen molar-refractivity contribution in [3.63, 3.8) is 0 Å². The highest BCUT2D eigenvalue weighted by atomic mass is 16.1. The van der Waals surface area contributed by atoms with Crippen molar-refractivity contribution in [1.29, 1.82) is 0 Å². The minimum atomic E-state index is 0.0205. The van der Waals surface area contributed by atoms with Gasteiger partial charge in [-0.05, 0) is 35.6 Å². The van der Waals surface area contributed by atoms with Crippen LogP contribution in [0.1, 0.15) is 18.9 Å². The van der Waals surface area contributed by atoms with E-state index in [1.54, 1.807) is 0 Å². The third-order valence-electron chi connectivity index (χ3n) is 2.57. The van der Waals surface area contributed by atoms with Gasteiger partial charge in [0.25, 0.3) is 0 Å². The molecule has 1 amide bonds. The first-order valence-electron chi connectivity index (χ1n) is 5.74. The van der Waals surface area contributed by atoms with Gasteiger partial charge in [0.1, 0.15) is 0 Å². The highest BCUT2D eigenvalue weighted by Gasteiger charge is 1.94. The number of nitrogens with one attached hydrogen (secondary N) is 2. The standard InChI is InChI=1S/C14H16N2O/c1-11(17)15-8-3-2-4-12-5-6-14-13(10-12)7-9-16-14/h2,4-7,9-10,16H,3,8H2,1H3,(H,15,17). The Kier molecular flexibility index (Phi) is 3.60. The zero-order valence-corrected chi connectivity index (χ0v) is 9.86. The van der Waals surface area contributed by atoms with Crippen LogP contribution in [-0.2, 0) is 4.79 Å². The van der Waals surface area contributed by atoms with Gasteiger partial charge in [0.05, 0.1) is 0 Å². The van der Waals surface area contributed by atoms with Crippen molar-refractivity contribution in [3.05, 3.63) is 42.1 Å². The van der Waals surface area contributed by atoms with Crippen LogP contribution in [0.15, 0.2) is 36.5 Å². The lowest BCUT2D eigenvalue weighted by atomic mass is 10.1. The Morgan fingerprint density at radius 3 is 3.12 bits per heavy atom. The van der Waals surface area contributed by atoms with Crippen LogP contribution in [0.2, 0.25) is 0 Å². The largest absolute Gasteiger partial charge is 0.361 e. The number of H-pyrrole nitrogens is 1. The molecule has 0 aliphatic heterocycles. The molecule has 0 bridgehead atoms. The number of carbonyl (C=O) groups is 1. The lowest BCUT2D eigenvalue weighted by Crippen LogP contribution is -2.20. The molecule has 2 aromatic rings. The molecule has 2 rings (SSSR count). The second-order valence-electron chi connectivity index (χ2n) is 4.00. The molecule has 1 aromatic heterocycles. The van der Waals surface area contributed by atoms with Crippen molar-refractivity contribution in [2.24, 2.45) is 0 Å². The van der Waals surface area contributed by atoms with Gasteiger partial charge in [-0.1, -0.05) is 18.2 Å². The fourth-order valence-electron chi connectivity index (χ4n) is 1.73. The van der Waals surface area contributed by atoms with Crippen LogP contribution in [0.25, 0.3) is 17.0 Å². The molecule has 2 N–H and O–H groups in total. The summed E-state index contributed by atoms with van der Waals surface area (Å²) in [6.07, 6.45) is 6.94. The number of amides is 1. The van der Waals surface area contributed by atoms with Crippen molar-refractivity contribution in [3.8, 4) is 0 Å². The Bertz CT molecular complexity index is 540. The summed E-state index contributed by atoms with van der Waals surface area (Å²) < 4.78 is 0. The van der Waals surface area contributed by atoms with Crippen molar-refractivity contribution in [2.45, 2.75) is 13.3 Å².